The Balaban J connectivity index is 1.90. The number of nitro benzene ring substituents is 1. The van der Waals surface area contributed by atoms with Crippen LogP contribution in [-0.4, -0.2) is 27.8 Å². The van der Waals surface area contributed by atoms with Crippen molar-refractivity contribution in [2.24, 2.45) is 0 Å². The van der Waals surface area contributed by atoms with Gasteiger partial charge in [0.1, 0.15) is 10.9 Å². The third-order valence-electron chi connectivity index (χ3n) is 3.07. The van der Waals surface area contributed by atoms with Crippen molar-refractivity contribution in [1.82, 2.24) is 4.72 Å². The molecule has 0 spiro atoms. The molecule has 1 atom stereocenters. The summed E-state index contributed by atoms with van der Waals surface area (Å²) < 4.78 is 2.81. The zero-order valence-corrected chi connectivity index (χ0v) is 14.3. The lowest BCUT2D eigenvalue weighted by molar-refractivity contribution is -0.387. The molecule has 0 fully saturated rings. The van der Waals surface area contributed by atoms with E-state index in [1.807, 2.05) is 30.3 Å². The van der Waals surface area contributed by atoms with Gasteiger partial charge in [-0.3, -0.25) is 14.9 Å². The number of carboxylic acids is 1. The monoisotopic (exact) mass is 364 g/mol. The van der Waals surface area contributed by atoms with E-state index in [0.29, 0.717) is 16.4 Å². The fourth-order valence-electron chi connectivity index (χ4n) is 1.85. The molecule has 6 nitrogen and oxygen atoms in total. The van der Waals surface area contributed by atoms with Crippen molar-refractivity contribution < 1.29 is 14.8 Å². The minimum absolute atomic E-state index is 0.0453. The molecule has 0 heterocycles. The predicted octanol–water partition coefficient (Wildman–Crippen LogP) is 3.58. The van der Waals surface area contributed by atoms with E-state index in [9.17, 15) is 20.0 Å². The van der Waals surface area contributed by atoms with Crippen molar-refractivity contribution in [3.63, 3.8) is 0 Å². The highest BCUT2D eigenvalue weighted by molar-refractivity contribution is 7.99. The van der Waals surface area contributed by atoms with Gasteiger partial charge in [-0.25, -0.2) is 4.72 Å². The molecule has 0 aromatic heterocycles. The lowest BCUT2D eigenvalue weighted by atomic mass is 10.2. The maximum Gasteiger partial charge on any atom is 0.322 e. The molecule has 0 amide bonds. The van der Waals surface area contributed by atoms with E-state index < -0.39 is 16.9 Å². The van der Waals surface area contributed by atoms with Gasteiger partial charge in [0.15, 0.2) is 0 Å². The lowest BCUT2D eigenvalue weighted by Gasteiger charge is -2.13. The Morgan fingerprint density at radius 1 is 1.17 bits per heavy atom. The summed E-state index contributed by atoms with van der Waals surface area (Å²) in [7, 11) is 0. The number of rotatable bonds is 9. The summed E-state index contributed by atoms with van der Waals surface area (Å²) in [6.07, 6.45) is 0. The van der Waals surface area contributed by atoms with Crippen molar-refractivity contribution in [2.75, 3.05) is 5.75 Å². The Bertz CT molecular complexity index is 697. The second kappa shape index (κ2) is 9.31. The molecule has 0 aliphatic carbocycles. The maximum absolute atomic E-state index is 11.4. The van der Waals surface area contributed by atoms with Crippen LogP contribution in [0.5, 0.6) is 0 Å². The fraction of sp³-hybridized carbons (Fsp3) is 0.188. The first kappa shape index (κ1) is 18.3. The molecule has 0 radical (unpaired) electrons. The summed E-state index contributed by atoms with van der Waals surface area (Å²) >= 11 is 2.47. The average Bonchev–Trinajstić information content (AvgIpc) is 2.58. The van der Waals surface area contributed by atoms with E-state index in [1.54, 1.807) is 18.2 Å². The van der Waals surface area contributed by atoms with Gasteiger partial charge in [-0.05, 0) is 23.6 Å². The molecule has 0 saturated carbocycles. The second-order valence-electron chi connectivity index (χ2n) is 4.84. The van der Waals surface area contributed by atoms with Crippen LogP contribution in [0.4, 0.5) is 5.69 Å². The van der Waals surface area contributed by atoms with E-state index in [4.69, 9.17) is 0 Å². The minimum atomic E-state index is -0.985. The number of aliphatic carboxylic acids is 1. The van der Waals surface area contributed by atoms with Gasteiger partial charge in [0.2, 0.25) is 0 Å². The predicted molar refractivity (Wildman–Crippen MR) is 96.1 cm³/mol. The largest absolute Gasteiger partial charge is 0.480 e. The van der Waals surface area contributed by atoms with Crippen LogP contribution in [0.3, 0.4) is 0 Å². The number of carbonyl (C=O) groups is 1. The van der Waals surface area contributed by atoms with Crippen molar-refractivity contribution in [3.8, 4) is 0 Å². The van der Waals surface area contributed by atoms with Crippen molar-refractivity contribution in [3.05, 3.63) is 70.3 Å². The van der Waals surface area contributed by atoms with E-state index in [1.165, 1.54) is 17.8 Å². The Kier molecular flexibility index (Phi) is 7.10. The molecular weight excluding hydrogens is 348 g/mol. The van der Waals surface area contributed by atoms with Gasteiger partial charge in [0.05, 0.1) is 4.92 Å². The Morgan fingerprint density at radius 2 is 1.83 bits per heavy atom. The number of benzene rings is 2. The van der Waals surface area contributed by atoms with Crippen molar-refractivity contribution >= 4 is 35.4 Å². The van der Waals surface area contributed by atoms with Crippen molar-refractivity contribution in [2.45, 2.75) is 16.7 Å². The molecule has 0 aliphatic rings. The van der Waals surface area contributed by atoms with Gasteiger partial charge in [-0.2, -0.15) is 11.8 Å². The standard InChI is InChI=1S/C16H16N2O4S2/c19-16(20)13(11-23-10-12-6-2-1-3-7-12)17-24-15-9-5-4-8-14(15)18(21)22/h1-9,13,17H,10-11H2,(H,19,20). The van der Waals surface area contributed by atoms with Gasteiger partial charge in [-0.15, -0.1) is 0 Å². The number of nitrogens with zero attached hydrogens (tertiary/aromatic N) is 1. The zero-order chi connectivity index (χ0) is 17.4. The molecule has 1 unspecified atom stereocenters. The topological polar surface area (TPSA) is 92.5 Å². The number of thioether (sulfide) groups is 1. The normalized spacial score (nSPS) is 11.8. The number of hydrogen-bond donors (Lipinski definition) is 2. The van der Waals surface area contributed by atoms with Crippen LogP contribution >= 0.6 is 23.7 Å². The van der Waals surface area contributed by atoms with Crippen molar-refractivity contribution in [1.29, 1.82) is 0 Å². The van der Waals surface area contributed by atoms with E-state index in [2.05, 4.69) is 4.72 Å². The van der Waals surface area contributed by atoms with Crippen LogP contribution in [-0.2, 0) is 10.5 Å². The van der Waals surface area contributed by atoms with E-state index in [-0.39, 0.29) is 5.69 Å². The third-order valence-corrected chi connectivity index (χ3v) is 5.14. The smallest absolute Gasteiger partial charge is 0.322 e. The molecule has 2 aromatic rings. The summed E-state index contributed by atoms with van der Waals surface area (Å²) in [5, 5.41) is 20.3. The number of carboxylic acid groups (broad SMARTS) is 1. The van der Waals surface area contributed by atoms with E-state index >= 15 is 0 Å². The van der Waals surface area contributed by atoms with Crippen LogP contribution in [0.15, 0.2) is 59.5 Å². The molecule has 2 N–H and O–H groups in total. The SMILES string of the molecule is O=C(O)C(CSCc1ccccc1)NSc1ccccc1[N+](=O)[O-]. The summed E-state index contributed by atoms with van der Waals surface area (Å²) in [4.78, 5) is 22.2. The quantitative estimate of drug-likeness (QED) is 0.399. The van der Waals surface area contributed by atoms with Crippen LogP contribution < -0.4 is 4.72 Å². The summed E-state index contributed by atoms with van der Waals surface area (Å²) in [5.41, 5.74) is 1.08. The average molecular weight is 364 g/mol. The number of hydrogen-bond acceptors (Lipinski definition) is 6. The molecule has 24 heavy (non-hydrogen) atoms. The first-order chi connectivity index (χ1) is 11.6. The van der Waals surface area contributed by atoms with Crippen LogP contribution in [0.25, 0.3) is 0 Å². The number of para-hydroxylation sites is 1. The van der Waals surface area contributed by atoms with E-state index in [0.717, 1.165) is 17.5 Å². The van der Waals surface area contributed by atoms with Crippen LogP contribution in [0.1, 0.15) is 5.56 Å². The van der Waals surface area contributed by atoms with Gasteiger partial charge in [0, 0.05) is 17.6 Å². The number of nitro groups is 1. The first-order valence-corrected chi connectivity index (χ1v) is 9.05. The molecule has 126 valence electrons. The fourth-order valence-corrected chi connectivity index (χ4v) is 3.81. The number of nitrogens with one attached hydrogen (secondary N) is 1. The molecule has 2 rings (SSSR count). The van der Waals surface area contributed by atoms with Gasteiger partial charge < -0.3 is 5.11 Å². The Hall–Kier alpha value is -2.03. The Morgan fingerprint density at radius 3 is 2.50 bits per heavy atom. The highest BCUT2D eigenvalue weighted by atomic mass is 32.2. The zero-order valence-electron chi connectivity index (χ0n) is 12.6. The van der Waals surface area contributed by atoms with Crippen LogP contribution in [0.2, 0.25) is 0 Å². The molecule has 0 aliphatic heterocycles. The van der Waals surface area contributed by atoms with Gasteiger partial charge in [0.25, 0.3) is 5.69 Å². The highest BCUT2D eigenvalue weighted by Gasteiger charge is 2.20. The molecular formula is C16H16N2O4S2. The second-order valence-corrected chi connectivity index (χ2v) is 6.75. The Labute approximate surface area is 147 Å². The lowest BCUT2D eigenvalue weighted by Crippen LogP contribution is -2.34. The molecule has 0 saturated heterocycles. The summed E-state index contributed by atoms with van der Waals surface area (Å²) in [6.45, 7) is 0. The molecule has 8 heteroatoms. The summed E-state index contributed by atoms with van der Waals surface area (Å²) in [6, 6.07) is 15.2. The maximum atomic E-state index is 11.4. The van der Waals surface area contributed by atoms with Gasteiger partial charge >= 0.3 is 5.97 Å². The third kappa shape index (κ3) is 5.55. The summed E-state index contributed by atoms with van der Waals surface area (Å²) in [5.74, 6) is 0.0852. The first-order valence-electron chi connectivity index (χ1n) is 7.08. The van der Waals surface area contributed by atoms with Gasteiger partial charge in [-0.1, -0.05) is 42.5 Å². The molecule has 0 bridgehead atoms. The highest BCUT2D eigenvalue weighted by Crippen LogP contribution is 2.27. The minimum Gasteiger partial charge on any atom is -0.480 e. The molecule has 2 aromatic carbocycles. The van der Waals surface area contributed by atoms with Crippen LogP contribution in [0, 0.1) is 10.1 Å².